The Morgan fingerprint density at radius 3 is 2.50 bits per heavy atom. The Labute approximate surface area is 145 Å². The van der Waals surface area contributed by atoms with Gasteiger partial charge in [0, 0.05) is 12.1 Å². The number of rotatable bonds is 5. The highest BCUT2D eigenvalue weighted by Gasteiger charge is 2.28. The Morgan fingerprint density at radius 1 is 1.08 bits per heavy atom. The van der Waals surface area contributed by atoms with Crippen LogP contribution in [0.5, 0.6) is 5.75 Å². The Kier molecular flexibility index (Phi) is 4.70. The van der Waals surface area contributed by atoms with Gasteiger partial charge in [-0.2, -0.15) is 0 Å². The molecule has 0 fully saturated rings. The minimum Gasteiger partial charge on any atom is -0.492 e. The second kappa shape index (κ2) is 6.76. The van der Waals surface area contributed by atoms with Crippen LogP contribution in [0, 0.1) is 0 Å². The molecule has 0 saturated carbocycles. The van der Waals surface area contributed by atoms with Crippen LogP contribution in [0.1, 0.15) is 39.2 Å². The van der Waals surface area contributed by atoms with Gasteiger partial charge in [0.1, 0.15) is 12.4 Å². The Balaban J connectivity index is 1.62. The maximum atomic E-state index is 5.96. The summed E-state index contributed by atoms with van der Waals surface area (Å²) in [5.41, 5.74) is 3.87. The number of hydrogen-bond donors (Lipinski definition) is 1. The quantitative estimate of drug-likeness (QED) is 0.846. The highest BCUT2D eigenvalue weighted by molar-refractivity contribution is 5.73. The summed E-state index contributed by atoms with van der Waals surface area (Å²) in [6, 6.07) is 17.0. The Bertz CT molecular complexity index is 676. The van der Waals surface area contributed by atoms with Crippen LogP contribution in [0.15, 0.2) is 48.5 Å². The van der Waals surface area contributed by atoms with Crippen molar-refractivity contribution in [3.63, 3.8) is 0 Å². The Morgan fingerprint density at radius 2 is 1.79 bits per heavy atom. The smallest absolute Gasteiger partial charge is 0.119 e. The highest BCUT2D eigenvalue weighted by atomic mass is 16.5. The van der Waals surface area contributed by atoms with E-state index in [4.69, 9.17) is 4.74 Å². The molecule has 3 heteroatoms. The van der Waals surface area contributed by atoms with Crippen LogP contribution < -0.4 is 15.0 Å². The molecule has 3 rings (SSSR count). The molecule has 1 heterocycles. The molecular formula is C21H28N2O. The molecule has 24 heavy (non-hydrogen) atoms. The molecule has 0 spiro atoms. The summed E-state index contributed by atoms with van der Waals surface area (Å²) >= 11 is 0. The predicted molar refractivity (Wildman–Crippen MR) is 102 cm³/mol. The zero-order valence-corrected chi connectivity index (χ0v) is 15.2. The molecule has 0 atom stereocenters. The first-order chi connectivity index (χ1) is 11.4. The molecule has 0 bridgehead atoms. The first-order valence-electron chi connectivity index (χ1n) is 8.79. The van der Waals surface area contributed by atoms with Gasteiger partial charge in [-0.25, -0.2) is 0 Å². The third kappa shape index (κ3) is 3.84. The van der Waals surface area contributed by atoms with Gasteiger partial charge in [0.15, 0.2) is 0 Å². The number of fused-ring (bicyclic) bond motifs is 1. The third-order valence-corrected chi connectivity index (χ3v) is 4.48. The maximum absolute atomic E-state index is 5.96. The largest absolute Gasteiger partial charge is 0.492 e. The summed E-state index contributed by atoms with van der Waals surface area (Å²) in [6.07, 6.45) is 0. The zero-order chi connectivity index (χ0) is 17.2. The Hall–Kier alpha value is -2.16. The van der Waals surface area contributed by atoms with E-state index in [9.17, 15) is 0 Å². The van der Waals surface area contributed by atoms with Crippen LogP contribution in [-0.2, 0) is 0 Å². The fourth-order valence-corrected chi connectivity index (χ4v) is 3.24. The van der Waals surface area contributed by atoms with Crippen molar-refractivity contribution in [2.45, 2.75) is 39.2 Å². The first kappa shape index (κ1) is 16.7. The van der Waals surface area contributed by atoms with E-state index in [2.05, 4.69) is 86.4 Å². The molecule has 3 nitrogen and oxygen atoms in total. The molecule has 2 aromatic rings. The van der Waals surface area contributed by atoms with E-state index < -0.39 is 0 Å². The monoisotopic (exact) mass is 324 g/mol. The lowest BCUT2D eigenvalue weighted by molar-refractivity contribution is 0.320. The number of para-hydroxylation sites is 2. The highest BCUT2D eigenvalue weighted by Crippen LogP contribution is 2.33. The number of benzene rings is 2. The van der Waals surface area contributed by atoms with E-state index >= 15 is 0 Å². The summed E-state index contributed by atoms with van der Waals surface area (Å²) in [7, 11) is 0. The number of anilines is 2. The average molecular weight is 324 g/mol. The molecule has 0 amide bonds. The standard InChI is InChI=1S/C21H28N2O/c1-16(2)17-9-11-18(12-10-17)24-14-13-23-15-21(3,4)22-19-7-5-6-8-20(19)23/h5-12,16,22H,13-15H2,1-4H3. The fourth-order valence-electron chi connectivity index (χ4n) is 3.24. The van der Waals surface area contributed by atoms with Crippen LogP contribution >= 0.6 is 0 Å². The third-order valence-electron chi connectivity index (χ3n) is 4.48. The number of nitrogens with zero attached hydrogens (tertiary/aromatic N) is 1. The van der Waals surface area contributed by atoms with Crippen molar-refractivity contribution in [1.29, 1.82) is 0 Å². The summed E-state index contributed by atoms with van der Waals surface area (Å²) in [4.78, 5) is 2.41. The molecule has 1 aliphatic heterocycles. The van der Waals surface area contributed by atoms with E-state index in [1.807, 2.05) is 0 Å². The van der Waals surface area contributed by atoms with Gasteiger partial charge in [0.05, 0.1) is 17.9 Å². The van der Waals surface area contributed by atoms with Crippen LogP contribution in [0.2, 0.25) is 0 Å². The van der Waals surface area contributed by atoms with Crippen molar-refractivity contribution < 1.29 is 4.74 Å². The molecule has 0 aliphatic carbocycles. The zero-order valence-electron chi connectivity index (χ0n) is 15.2. The van der Waals surface area contributed by atoms with E-state index in [1.54, 1.807) is 0 Å². The van der Waals surface area contributed by atoms with Gasteiger partial charge in [0.2, 0.25) is 0 Å². The molecule has 0 radical (unpaired) electrons. The van der Waals surface area contributed by atoms with Crippen LogP contribution in [0.4, 0.5) is 11.4 Å². The SMILES string of the molecule is CC(C)c1ccc(OCCN2CC(C)(C)Nc3ccccc32)cc1. The molecule has 0 unspecified atom stereocenters. The van der Waals surface area contributed by atoms with Crippen LogP contribution in [0.25, 0.3) is 0 Å². The fraction of sp³-hybridized carbons (Fsp3) is 0.429. The number of nitrogens with one attached hydrogen (secondary N) is 1. The number of hydrogen-bond acceptors (Lipinski definition) is 3. The van der Waals surface area contributed by atoms with E-state index in [1.165, 1.54) is 16.9 Å². The lowest BCUT2D eigenvalue weighted by atomic mass is 9.99. The predicted octanol–water partition coefficient (Wildman–Crippen LogP) is 4.90. The van der Waals surface area contributed by atoms with E-state index in [0.717, 1.165) is 18.8 Å². The van der Waals surface area contributed by atoms with Crippen molar-refractivity contribution in [3.8, 4) is 5.75 Å². The van der Waals surface area contributed by atoms with Gasteiger partial charge in [-0.15, -0.1) is 0 Å². The van der Waals surface area contributed by atoms with Crippen LogP contribution in [-0.4, -0.2) is 25.2 Å². The molecule has 1 aliphatic rings. The summed E-state index contributed by atoms with van der Waals surface area (Å²) in [5.74, 6) is 1.50. The molecule has 1 N–H and O–H groups in total. The van der Waals surface area contributed by atoms with Gasteiger partial charge in [0.25, 0.3) is 0 Å². The maximum Gasteiger partial charge on any atom is 0.119 e. The van der Waals surface area contributed by atoms with Gasteiger partial charge in [-0.05, 0) is 49.6 Å². The molecule has 128 valence electrons. The number of ether oxygens (including phenoxy) is 1. The van der Waals surface area contributed by atoms with Crippen molar-refractivity contribution in [1.82, 2.24) is 0 Å². The van der Waals surface area contributed by atoms with E-state index in [-0.39, 0.29) is 5.54 Å². The van der Waals surface area contributed by atoms with Crippen molar-refractivity contribution in [2.24, 2.45) is 0 Å². The van der Waals surface area contributed by atoms with Crippen LogP contribution in [0.3, 0.4) is 0 Å². The van der Waals surface area contributed by atoms with Gasteiger partial charge in [-0.1, -0.05) is 38.1 Å². The van der Waals surface area contributed by atoms with Crippen molar-refractivity contribution in [3.05, 3.63) is 54.1 Å². The molecular weight excluding hydrogens is 296 g/mol. The summed E-state index contributed by atoms with van der Waals surface area (Å²) in [5, 5.41) is 3.61. The first-order valence-corrected chi connectivity index (χ1v) is 8.79. The lowest BCUT2D eigenvalue weighted by Gasteiger charge is -2.42. The summed E-state index contributed by atoms with van der Waals surface area (Å²) in [6.45, 7) is 11.4. The lowest BCUT2D eigenvalue weighted by Crippen LogP contribution is -2.49. The second-order valence-corrected chi connectivity index (χ2v) is 7.52. The minimum absolute atomic E-state index is 0.0628. The van der Waals surface area contributed by atoms with Gasteiger partial charge >= 0.3 is 0 Å². The van der Waals surface area contributed by atoms with Gasteiger partial charge in [-0.3, -0.25) is 0 Å². The average Bonchev–Trinajstić information content (AvgIpc) is 2.54. The van der Waals surface area contributed by atoms with Crippen molar-refractivity contribution >= 4 is 11.4 Å². The molecule has 0 saturated heterocycles. The van der Waals surface area contributed by atoms with Gasteiger partial charge < -0.3 is 15.0 Å². The van der Waals surface area contributed by atoms with E-state index in [0.29, 0.717) is 12.5 Å². The van der Waals surface area contributed by atoms with Crippen molar-refractivity contribution in [2.75, 3.05) is 29.9 Å². The second-order valence-electron chi connectivity index (χ2n) is 7.52. The summed E-state index contributed by atoms with van der Waals surface area (Å²) < 4.78 is 5.96. The normalized spacial score (nSPS) is 15.8. The minimum atomic E-state index is 0.0628. The molecule has 2 aromatic carbocycles. The topological polar surface area (TPSA) is 24.5 Å². The molecule has 0 aromatic heterocycles.